The van der Waals surface area contributed by atoms with Crippen LogP contribution >= 0.6 is 11.8 Å². The lowest BCUT2D eigenvalue weighted by atomic mass is 10.1. The van der Waals surface area contributed by atoms with Crippen molar-refractivity contribution in [3.05, 3.63) is 68.9 Å². The Kier molecular flexibility index (Phi) is 4.48. The van der Waals surface area contributed by atoms with Crippen LogP contribution in [0.25, 0.3) is 6.08 Å². The van der Waals surface area contributed by atoms with Gasteiger partial charge < -0.3 is 10.4 Å². The molecule has 1 saturated heterocycles. The minimum atomic E-state index is -0.708. The Bertz CT molecular complexity index is 925. The van der Waals surface area contributed by atoms with Crippen LogP contribution < -0.4 is 5.32 Å². The van der Waals surface area contributed by atoms with E-state index in [2.05, 4.69) is 10.3 Å². The molecule has 25 heavy (non-hydrogen) atoms. The zero-order valence-corrected chi connectivity index (χ0v) is 13.3. The Balaban J connectivity index is 1.88. The van der Waals surface area contributed by atoms with Gasteiger partial charge in [0.25, 0.3) is 5.91 Å². The molecule has 9 heteroatoms. The van der Waals surface area contributed by atoms with E-state index in [9.17, 15) is 24.4 Å². The summed E-state index contributed by atoms with van der Waals surface area (Å²) in [5.74, 6) is -1.36. The summed E-state index contributed by atoms with van der Waals surface area (Å²) in [6.07, 6.45) is 1.34. The second-order valence-corrected chi connectivity index (χ2v) is 5.96. The van der Waals surface area contributed by atoms with E-state index in [1.54, 1.807) is 0 Å². The molecule has 0 saturated carbocycles. The molecule has 0 aromatic heterocycles. The molecule has 0 unspecified atom stereocenters. The van der Waals surface area contributed by atoms with Crippen LogP contribution in [0.1, 0.15) is 5.56 Å². The Morgan fingerprint density at radius 2 is 1.96 bits per heavy atom. The predicted molar refractivity (Wildman–Crippen MR) is 92.0 cm³/mol. The molecule has 7 nitrogen and oxygen atoms in total. The molecule has 2 aromatic carbocycles. The van der Waals surface area contributed by atoms with Gasteiger partial charge in [0.15, 0.2) is 5.17 Å². The Labute approximate surface area is 145 Å². The third kappa shape index (κ3) is 3.66. The molecule has 1 aliphatic rings. The third-order valence-corrected chi connectivity index (χ3v) is 4.15. The fraction of sp³-hybridized carbons (Fsp3) is 0. The average Bonchev–Trinajstić information content (AvgIpc) is 2.91. The maximum Gasteiger partial charge on any atom is 0.311 e. The fourth-order valence-electron chi connectivity index (χ4n) is 2.07. The number of amidine groups is 1. The maximum absolute atomic E-state index is 12.9. The first-order valence-electron chi connectivity index (χ1n) is 6.95. The molecule has 3 rings (SSSR count). The number of hydrogen-bond acceptors (Lipinski definition) is 6. The molecule has 0 radical (unpaired) electrons. The number of thioether (sulfide) groups is 1. The van der Waals surface area contributed by atoms with Gasteiger partial charge in [-0.3, -0.25) is 14.9 Å². The molecule has 1 fully saturated rings. The van der Waals surface area contributed by atoms with E-state index < -0.39 is 28.1 Å². The number of nitrogens with zero attached hydrogens (tertiary/aromatic N) is 2. The molecule has 1 amide bonds. The molecular formula is C16H10FN3O4S. The standard InChI is InChI=1S/C16H10FN3O4S/c17-10-4-6-11(7-5-10)18-16-19-15(22)13(25-16)8-9-2-1-3-12(14(9)21)20(23)24/h1-8,21H,(H,18,19,22)/b13-8+. The summed E-state index contributed by atoms with van der Waals surface area (Å²) in [6.45, 7) is 0. The van der Waals surface area contributed by atoms with Crippen LogP contribution in [0.2, 0.25) is 0 Å². The second-order valence-electron chi connectivity index (χ2n) is 4.93. The minimum absolute atomic E-state index is 0.148. The number of amides is 1. The van der Waals surface area contributed by atoms with Gasteiger partial charge >= 0.3 is 5.69 Å². The average molecular weight is 359 g/mol. The lowest BCUT2D eigenvalue weighted by molar-refractivity contribution is -0.385. The largest absolute Gasteiger partial charge is 0.502 e. The van der Waals surface area contributed by atoms with Gasteiger partial charge in [-0.2, -0.15) is 0 Å². The highest BCUT2D eigenvalue weighted by Crippen LogP contribution is 2.34. The van der Waals surface area contributed by atoms with E-state index >= 15 is 0 Å². The number of carbonyl (C=O) groups excluding carboxylic acids is 1. The van der Waals surface area contributed by atoms with E-state index in [0.717, 1.165) is 11.8 Å². The molecule has 126 valence electrons. The van der Waals surface area contributed by atoms with Gasteiger partial charge in [0.05, 0.1) is 15.5 Å². The number of hydrogen-bond donors (Lipinski definition) is 2. The van der Waals surface area contributed by atoms with Crippen molar-refractivity contribution in [3.8, 4) is 5.75 Å². The van der Waals surface area contributed by atoms with Gasteiger partial charge in [-0.25, -0.2) is 9.38 Å². The lowest BCUT2D eigenvalue weighted by Crippen LogP contribution is -2.19. The summed E-state index contributed by atoms with van der Waals surface area (Å²) < 4.78 is 12.9. The molecule has 2 aromatic rings. The first-order valence-corrected chi connectivity index (χ1v) is 7.77. The monoisotopic (exact) mass is 359 g/mol. The van der Waals surface area contributed by atoms with Crippen LogP contribution in [-0.2, 0) is 4.79 Å². The van der Waals surface area contributed by atoms with Gasteiger partial charge in [0, 0.05) is 11.6 Å². The molecule has 2 N–H and O–H groups in total. The van der Waals surface area contributed by atoms with Crippen molar-refractivity contribution in [1.29, 1.82) is 0 Å². The van der Waals surface area contributed by atoms with Crippen molar-refractivity contribution in [2.24, 2.45) is 4.99 Å². The lowest BCUT2D eigenvalue weighted by Gasteiger charge is -2.00. The summed E-state index contributed by atoms with van der Waals surface area (Å²) in [5.41, 5.74) is 0.163. The van der Waals surface area contributed by atoms with Crippen LogP contribution in [-0.4, -0.2) is 21.1 Å². The van der Waals surface area contributed by atoms with Gasteiger partial charge in [0.2, 0.25) is 5.75 Å². The van der Waals surface area contributed by atoms with E-state index in [4.69, 9.17) is 0 Å². The summed E-state index contributed by atoms with van der Waals surface area (Å²) in [4.78, 5) is 26.5. The molecule has 0 spiro atoms. The highest BCUT2D eigenvalue weighted by molar-refractivity contribution is 8.18. The quantitative estimate of drug-likeness (QED) is 0.497. The number of halogens is 1. The number of rotatable bonds is 3. The van der Waals surface area contributed by atoms with Crippen molar-refractivity contribution in [2.45, 2.75) is 0 Å². The van der Waals surface area contributed by atoms with Gasteiger partial charge in [-0.05, 0) is 42.1 Å². The number of benzene rings is 2. The molecule has 0 atom stereocenters. The van der Waals surface area contributed by atoms with Crippen LogP contribution in [0.5, 0.6) is 5.75 Å². The number of aromatic hydroxyl groups is 1. The van der Waals surface area contributed by atoms with E-state index in [1.807, 2.05) is 0 Å². The first-order chi connectivity index (χ1) is 11.9. The van der Waals surface area contributed by atoms with Gasteiger partial charge in [0.1, 0.15) is 5.82 Å². The second kappa shape index (κ2) is 6.73. The predicted octanol–water partition coefficient (Wildman–Crippen LogP) is 3.33. The number of nitrogens with one attached hydrogen (secondary N) is 1. The summed E-state index contributed by atoms with van der Waals surface area (Å²) in [7, 11) is 0. The summed E-state index contributed by atoms with van der Waals surface area (Å²) in [5, 5.41) is 23.6. The normalized spacial score (nSPS) is 17.1. The number of aliphatic imine (C=N–C) groups is 1. The molecule has 1 aliphatic heterocycles. The van der Waals surface area contributed by atoms with Gasteiger partial charge in [-0.15, -0.1) is 0 Å². The molecule has 1 heterocycles. The minimum Gasteiger partial charge on any atom is -0.502 e. The number of nitro benzene ring substituents is 1. The summed E-state index contributed by atoms with van der Waals surface area (Å²) >= 11 is 1.01. The van der Waals surface area contributed by atoms with E-state index in [1.165, 1.54) is 48.5 Å². The zero-order valence-electron chi connectivity index (χ0n) is 12.5. The highest BCUT2D eigenvalue weighted by Gasteiger charge is 2.25. The van der Waals surface area contributed by atoms with Crippen LogP contribution in [0, 0.1) is 15.9 Å². The van der Waals surface area contributed by atoms with Crippen molar-refractivity contribution in [2.75, 3.05) is 0 Å². The van der Waals surface area contributed by atoms with E-state index in [-0.39, 0.29) is 15.6 Å². The SMILES string of the molecule is O=C1NC(=Nc2ccc(F)cc2)S/C1=C/c1cccc([N+](=O)[O-])c1O. The smallest absolute Gasteiger partial charge is 0.311 e. The maximum atomic E-state index is 12.9. The van der Waals surface area contributed by atoms with Crippen LogP contribution in [0.4, 0.5) is 15.8 Å². The van der Waals surface area contributed by atoms with E-state index in [0.29, 0.717) is 5.69 Å². The highest BCUT2D eigenvalue weighted by atomic mass is 32.2. The van der Waals surface area contributed by atoms with Crippen LogP contribution in [0.3, 0.4) is 0 Å². The molecular weight excluding hydrogens is 349 g/mol. The summed E-state index contributed by atoms with van der Waals surface area (Å²) in [6, 6.07) is 9.46. The first kappa shape index (κ1) is 16.7. The number of phenolic OH excluding ortho intramolecular Hbond substituents is 1. The topological polar surface area (TPSA) is 105 Å². The third-order valence-electron chi connectivity index (χ3n) is 3.24. The van der Waals surface area contributed by atoms with Crippen molar-refractivity contribution in [3.63, 3.8) is 0 Å². The Morgan fingerprint density at radius 3 is 2.64 bits per heavy atom. The molecule has 0 bridgehead atoms. The van der Waals surface area contributed by atoms with Crippen molar-refractivity contribution in [1.82, 2.24) is 5.32 Å². The fourth-order valence-corrected chi connectivity index (χ4v) is 2.90. The van der Waals surface area contributed by atoms with Crippen LogP contribution in [0.15, 0.2) is 52.4 Å². The molecule has 0 aliphatic carbocycles. The number of para-hydroxylation sites is 1. The Hall–Kier alpha value is -3.20. The number of carbonyl (C=O) groups is 1. The van der Waals surface area contributed by atoms with Gasteiger partial charge in [-0.1, -0.05) is 12.1 Å². The van der Waals surface area contributed by atoms with Crippen molar-refractivity contribution >= 4 is 40.3 Å². The number of nitro groups is 1. The number of phenols is 1. The van der Waals surface area contributed by atoms with Crippen molar-refractivity contribution < 1.29 is 19.2 Å². The zero-order chi connectivity index (χ0) is 18.0. The Morgan fingerprint density at radius 1 is 1.24 bits per heavy atom.